The number of anilines is 2. The van der Waals surface area contributed by atoms with Crippen molar-refractivity contribution in [1.29, 1.82) is 0 Å². The molecule has 0 bridgehead atoms. The molecule has 2 aromatic rings. The SMILES string of the molecule is CS(=O)(=O)N1CCc2cc(N3C(=O)c4ccccc4C3=O)ccc21. The summed E-state index contributed by atoms with van der Waals surface area (Å²) >= 11 is 0. The Labute approximate surface area is 139 Å². The van der Waals surface area contributed by atoms with E-state index < -0.39 is 10.0 Å². The van der Waals surface area contributed by atoms with Gasteiger partial charge in [0.2, 0.25) is 10.0 Å². The summed E-state index contributed by atoms with van der Waals surface area (Å²) in [5.41, 5.74) is 2.67. The van der Waals surface area contributed by atoms with Crippen LogP contribution in [-0.2, 0) is 16.4 Å². The van der Waals surface area contributed by atoms with Crippen LogP contribution in [-0.4, -0.2) is 33.0 Å². The Morgan fingerprint density at radius 2 is 1.58 bits per heavy atom. The number of nitrogens with zero attached hydrogens (tertiary/aromatic N) is 2. The van der Waals surface area contributed by atoms with Crippen molar-refractivity contribution in [2.24, 2.45) is 0 Å². The molecule has 0 radical (unpaired) electrons. The minimum Gasteiger partial charge on any atom is -0.270 e. The van der Waals surface area contributed by atoms with Crippen molar-refractivity contribution in [3.8, 4) is 0 Å². The second kappa shape index (κ2) is 4.91. The summed E-state index contributed by atoms with van der Waals surface area (Å²) in [4.78, 5) is 26.2. The maximum atomic E-state index is 12.5. The molecule has 24 heavy (non-hydrogen) atoms. The minimum atomic E-state index is -3.33. The summed E-state index contributed by atoms with van der Waals surface area (Å²) in [7, 11) is -3.33. The van der Waals surface area contributed by atoms with Crippen LogP contribution >= 0.6 is 0 Å². The summed E-state index contributed by atoms with van der Waals surface area (Å²) in [6.45, 7) is 0.375. The number of sulfonamides is 1. The maximum absolute atomic E-state index is 12.5. The van der Waals surface area contributed by atoms with Crippen LogP contribution in [0.5, 0.6) is 0 Å². The highest BCUT2D eigenvalue weighted by Crippen LogP contribution is 2.35. The fraction of sp³-hybridized carbons (Fsp3) is 0.176. The first kappa shape index (κ1) is 14.9. The lowest BCUT2D eigenvalue weighted by atomic mass is 10.1. The van der Waals surface area contributed by atoms with Gasteiger partial charge >= 0.3 is 0 Å². The molecule has 0 aromatic heterocycles. The predicted octanol–water partition coefficient (Wildman–Crippen LogP) is 1.81. The second-order valence-electron chi connectivity index (χ2n) is 5.89. The van der Waals surface area contributed by atoms with Gasteiger partial charge < -0.3 is 0 Å². The standard InChI is InChI=1S/C17H14N2O4S/c1-24(22,23)18-9-8-11-10-12(6-7-15(11)18)19-16(20)13-4-2-3-5-14(13)17(19)21/h2-7,10H,8-9H2,1H3. The average Bonchev–Trinajstić information content (AvgIpc) is 3.07. The quantitative estimate of drug-likeness (QED) is 0.780. The van der Waals surface area contributed by atoms with E-state index in [0.717, 1.165) is 10.5 Å². The van der Waals surface area contributed by atoms with Crippen LogP contribution in [0.15, 0.2) is 42.5 Å². The third-order valence-electron chi connectivity index (χ3n) is 4.37. The molecule has 0 unspecified atom stereocenters. The first-order valence-electron chi connectivity index (χ1n) is 7.46. The van der Waals surface area contributed by atoms with Crippen LogP contribution in [0.2, 0.25) is 0 Å². The van der Waals surface area contributed by atoms with Gasteiger partial charge in [-0.2, -0.15) is 0 Å². The van der Waals surface area contributed by atoms with Crippen LogP contribution in [0, 0.1) is 0 Å². The highest BCUT2D eigenvalue weighted by Gasteiger charge is 2.37. The van der Waals surface area contributed by atoms with E-state index in [-0.39, 0.29) is 11.8 Å². The van der Waals surface area contributed by atoms with E-state index in [4.69, 9.17) is 0 Å². The summed E-state index contributed by atoms with van der Waals surface area (Å²) in [5, 5.41) is 0. The number of carbonyl (C=O) groups is 2. The van der Waals surface area contributed by atoms with E-state index in [9.17, 15) is 18.0 Å². The van der Waals surface area contributed by atoms with Gasteiger partial charge in [-0.3, -0.25) is 13.9 Å². The number of rotatable bonds is 2. The molecule has 0 N–H and O–H groups in total. The lowest BCUT2D eigenvalue weighted by Crippen LogP contribution is -2.29. The Morgan fingerprint density at radius 1 is 0.958 bits per heavy atom. The summed E-state index contributed by atoms with van der Waals surface area (Å²) in [6.07, 6.45) is 1.72. The molecule has 0 spiro atoms. The Morgan fingerprint density at radius 3 is 2.17 bits per heavy atom. The molecule has 2 heterocycles. The molecule has 0 fully saturated rings. The number of imide groups is 1. The minimum absolute atomic E-state index is 0.353. The third-order valence-corrected chi connectivity index (χ3v) is 5.55. The fourth-order valence-electron chi connectivity index (χ4n) is 3.27. The molecule has 2 aromatic carbocycles. The maximum Gasteiger partial charge on any atom is 0.266 e. The lowest BCUT2D eigenvalue weighted by Gasteiger charge is -2.18. The first-order chi connectivity index (χ1) is 11.4. The van der Waals surface area contributed by atoms with E-state index in [2.05, 4.69) is 0 Å². The van der Waals surface area contributed by atoms with Gasteiger partial charge in [0.1, 0.15) is 0 Å². The highest BCUT2D eigenvalue weighted by molar-refractivity contribution is 7.92. The van der Waals surface area contributed by atoms with E-state index in [1.807, 2.05) is 0 Å². The van der Waals surface area contributed by atoms with Gasteiger partial charge in [-0.25, -0.2) is 13.3 Å². The smallest absolute Gasteiger partial charge is 0.266 e. The zero-order valence-corrected chi connectivity index (χ0v) is 13.7. The van der Waals surface area contributed by atoms with Crippen LogP contribution in [0.25, 0.3) is 0 Å². The molecule has 2 aliphatic rings. The van der Waals surface area contributed by atoms with E-state index in [1.54, 1.807) is 42.5 Å². The largest absolute Gasteiger partial charge is 0.270 e. The normalized spacial score (nSPS) is 16.5. The molecule has 2 amide bonds. The first-order valence-corrected chi connectivity index (χ1v) is 9.31. The Bertz CT molecular complexity index is 962. The molecule has 0 saturated heterocycles. The number of fused-ring (bicyclic) bond motifs is 2. The van der Waals surface area contributed by atoms with Crippen molar-refractivity contribution >= 4 is 33.2 Å². The van der Waals surface area contributed by atoms with E-state index in [0.29, 0.717) is 35.5 Å². The van der Waals surface area contributed by atoms with Crippen molar-refractivity contribution in [3.63, 3.8) is 0 Å². The average molecular weight is 342 g/mol. The molecular formula is C17H14N2O4S. The number of hydrogen-bond donors (Lipinski definition) is 0. The highest BCUT2D eigenvalue weighted by atomic mass is 32.2. The number of benzene rings is 2. The van der Waals surface area contributed by atoms with Gasteiger partial charge in [-0.1, -0.05) is 12.1 Å². The summed E-state index contributed by atoms with van der Waals surface area (Å²) in [5.74, 6) is -0.706. The molecule has 0 saturated carbocycles. The third kappa shape index (κ3) is 2.05. The number of hydrogen-bond acceptors (Lipinski definition) is 4. The van der Waals surface area contributed by atoms with Crippen molar-refractivity contribution < 1.29 is 18.0 Å². The van der Waals surface area contributed by atoms with Gasteiger partial charge in [0.05, 0.1) is 28.8 Å². The van der Waals surface area contributed by atoms with Gasteiger partial charge in [-0.05, 0) is 42.3 Å². The molecule has 0 aliphatic carbocycles. The Balaban J connectivity index is 1.76. The number of amides is 2. The molecule has 0 atom stereocenters. The van der Waals surface area contributed by atoms with Crippen molar-refractivity contribution in [3.05, 3.63) is 59.2 Å². The topological polar surface area (TPSA) is 74.8 Å². The van der Waals surface area contributed by atoms with Crippen molar-refractivity contribution in [2.75, 3.05) is 22.0 Å². The van der Waals surface area contributed by atoms with Crippen molar-refractivity contribution in [2.45, 2.75) is 6.42 Å². The molecule has 7 heteroatoms. The Hall–Kier alpha value is -2.67. The monoisotopic (exact) mass is 342 g/mol. The molecular weight excluding hydrogens is 328 g/mol. The fourth-order valence-corrected chi connectivity index (χ4v) is 4.22. The van der Waals surface area contributed by atoms with Gasteiger partial charge in [0, 0.05) is 6.54 Å². The van der Waals surface area contributed by atoms with Gasteiger partial charge in [0.15, 0.2) is 0 Å². The van der Waals surface area contributed by atoms with Crippen molar-refractivity contribution in [1.82, 2.24) is 0 Å². The van der Waals surface area contributed by atoms with E-state index >= 15 is 0 Å². The second-order valence-corrected chi connectivity index (χ2v) is 7.80. The molecule has 6 nitrogen and oxygen atoms in total. The van der Waals surface area contributed by atoms with E-state index in [1.165, 1.54) is 10.6 Å². The predicted molar refractivity (Wildman–Crippen MR) is 89.9 cm³/mol. The van der Waals surface area contributed by atoms with Crippen LogP contribution in [0.1, 0.15) is 26.3 Å². The molecule has 122 valence electrons. The van der Waals surface area contributed by atoms with Crippen LogP contribution < -0.4 is 9.21 Å². The van der Waals surface area contributed by atoms with Crippen LogP contribution in [0.3, 0.4) is 0 Å². The lowest BCUT2D eigenvalue weighted by molar-refractivity contribution is 0.0926. The van der Waals surface area contributed by atoms with Crippen LogP contribution in [0.4, 0.5) is 11.4 Å². The molecule has 4 rings (SSSR count). The summed E-state index contributed by atoms with van der Waals surface area (Å²) in [6, 6.07) is 11.7. The molecule has 2 aliphatic heterocycles. The zero-order valence-electron chi connectivity index (χ0n) is 12.9. The van der Waals surface area contributed by atoms with Gasteiger partial charge in [0.25, 0.3) is 11.8 Å². The van der Waals surface area contributed by atoms with Gasteiger partial charge in [-0.15, -0.1) is 0 Å². The zero-order chi connectivity index (χ0) is 17.1. The number of carbonyl (C=O) groups excluding carboxylic acids is 2. The summed E-state index contributed by atoms with van der Waals surface area (Å²) < 4.78 is 24.9. The Kier molecular flexibility index (Phi) is 3.05.